The summed E-state index contributed by atoms with van der Waals surface area (Å²) in [4.78, 5) is 29.3. The Balaban J connectivity index is 1.15. The molecule has 3 aliphatic carbocycles. The number of benzene rings is 1. The predicted molar refractivity (Wildman–Crippen MR) is 146 cm³/mol. The number of aromatic nitrogens is 3. The van der Waals surface area contributed by atoms with E-state index in [1.54, 1.807) is 19.4 Å². The fraction of sp³-hybridized carbons (Fsp3) is 0.448. The number of ether oxygens (including phenoxy) is 3. The third-order valence-corrected chi connectivity index (χ3v) is 9.05. The summed E-state index contributed by atoms with van der Waals surface area (Å²) in [6.45, 7) is 1.20. The number of nitrogens with two attached hydrogens (primary N) is 1. The van der Waals surface area contributed by atoms with E-state index in [4.69, 9.17) is 19.9 Å². The van der Waals surface area contributed by atoms with Crippen molar-refractivity contribution in [2.45, 2.75) is 50.4 Å². The molecule has 208 valence electrons. The van der Waals surface area contributed by atoms with Crippen molar-refractivity contribution in [3.05, 3.63) is 48.4 Å². The molecule has 2 atom stereocenters. The molecule has 0 bridgehead atoms. The minimum Gasteiger partial charge on any atom is -0.494 e. The normalized spacial score (nSPS) is 23.3. The van der Waals surface area contributed by atoms with Gasteiger partial charge in [-0.05, 0) is 37.2 Å². The molecular weight excluding hydrogens is 512 g/mol. The maximum Gasteiger partial charge on any atom is 0.252 e. The van der Waals surface area contributed by atoms with E-state index in [9.17, 15) is 9.59 Å². The highest BCUT2D eigenvalue weighted by atomic mass is 16.7. The molecule has 3 heterocycles. The Morgan fingerprint density at radius 3 is 2.62 bits per heavy atom. The maximum atomic E-state index is 12.8. The Hall–Kier alpha value is -3.96. The van der Waals surface area contributed by atoms with Crippen molar-refractivity contribution < 1.29 is 23.8 Å². The van der Waals surface area contributed by atoms with E-state index in [0.717, 1.165) is 43.2 Å². The zero-order valence-corrected chi connectivity index (χ0v) is 22.3. The van der Waals surface area contributed by atoms with Crippen LogP contribution in [0.4, 0.5) is 17.2 Å². The summed E-state index contributed by atoms with van der Waals surface area (Å²) in [7, 11) is 1.59. The van der Waals surface area contributed by atoms with Crippen LogP contribution in [0.2, 0.25) is 0 Å². The van der Waals surface area contributed by atoms with Crippen molar-refractivity contribution in [1.29, 1.82) is 0 Å². The van der Waals surface area contributed by atoms with Gasteiger partial charge in [0, 0.05) is 41.9 Å². The first-order valence-electron chi connectivity index (χ1n) is 13.8. The Morgan fingerprint density at radius 2 is 1.98 bits per heavy atom. The van der Waals surface area contributed by atoms with Gasteiger partial charge < -0.3 is 30.6 Å². The second-order valence-corrected chi connectivity index (χ2v) is 11.2. The zero-order valence-electron chi connectivity index (χ0n) is 22.3. The molecule has 4 fully saturated rings. The van der Waals surface area contributed by atoms with Gasteiger partial charge in [0.1, 0.15) is 17.6 Å². The van der Waals surface area contributed by atoms with Crippen LogP contribution in [0.25, 0.3) is 11.1 Å². The van der Waals surface area contributed by atoms with Gasteiger partial charge in [-0.3, -0.25) is 14.3 Å². The lowest BCUT2D eigenvalue weighted by molar-refractivity contribution is -0.242. The molecule has 40 heavy (non-hydrogen) atoms. The third kappa shape index (κ3) is 4.03. The summed E-state index contributed by atoms with van der Waals surface area (Å²) in [5.74, 6) is -0.264. The molecular formula is C29H32N6O5. The average molecular weight is 545 g/mol. The fourth-order valence-corrected chi connectivity index (χ4v) is 6.46. The number of pyridine rings is 1. The monoisotopic (exact) mass is 544 g/mol. The molecule has 2 spiro atoms. The predicted octanol–water partition coefficient (Wildman–Crippen LogP) is 4.00. The Labute approximate surface area is 231 Å². The lowest BCUT2D eigenvalue weighted by Crippen LogP contribution is -2.49. The summed E-state index contributed by atoms with van der Waals surface area (Å²) in [5.41, 5.74) is 8.80. The summed E-state index contributed by atoms with van der Waals surface area (Å²) in [5, 5.41) is 10.8. The topological polar surface area (TPSA) is 143 Å². The summed E-state index contributed by atoms with van der Waals surface area (Å²) < 4.78 is 19.5. The SMILES string of the molecule is COc1c(Nc2cc(NC(=O)[C@@H]3CC34CCC4)ncc2C(N)=O)cccc1-c1cnn([C@@H]2CCC23OCCO3)c1. The minimum atomic E-state index is -0.634. The number of para-hydroxylation sites is 1. The van der Waals surface area contributed by atoms with Gasteiger partial charge in [-0.2, -0.15) is 5.10 Å². The van der Waals surface area contributed by atoms with Crippen LogP contribution in [0.3, 0.4) is 0 Å². The first-order chi connectivity index (χ1) is 19.4. The molecule has 3 saturated carbocycles. The number of nitrogens with zero attached hydrogens (tertiary/aromatic N) is 3. The molecule has 1 aliphatic heterocycles. The van der Waals surface area contributed by atoms with Gasteiger partial charge in [0.05, 0.1) is 43.5 Å². The lowest BCUT2D eigenvalue weighted by Gasteiger charge is -2.44. The van der Waals surface area contributed by atoms with E-state index in [1.165, 1.54) is 12.6 Å². The van der Waals surface area contributed by atoms with Crippen molar-refractivity contribution >= 4 is 29.0 Å². The van der Waals surface area contributed by atoms with E-state index in [0.29, 0.717) is 36.2 Å². The number of amides is 2. The highest BCUT2D eigenvalue weighted by Gasteiger charge is 2.61. The van der Waals surface area contributed by atoms with Crippen LogP contribution in [0, 0.1) is 11.3 Å². The van der Waals surface area contributed by atoms with Crippen LogP contribution in [-0.4, -0.2) is 52.7 Å². The number of primary amides is 1. The molecule has 11 nitrogen and oxygen atoms in total. The highest BCUT2D eigenvalue weighted by Crippen LogP contribution is 2.65. The van der Waals surface area contributed by atoms with Crippen molar-refractivity contribution in [2.75, 3.05) is 31.0 Å². The quantitative estimate of drug-likeness (QED) is 0.386. The second-order valence-electron chi connectivity index (χ2n) is 11.2. The molecule has 4 N–H and O–H groups in total. The number of carbonyl (C=O) groups excluding carboxylic acids is 2. The molecule has 4 aliphatic rings. The largest absolute Gasteiger partial charge is 0.494 e. The number of carbonyl (C=O) groups is 2. The van der Waals surface area contributed by atoms with E-state index in [-0.39, 0.29) is 28.8 Å². The number of hydrogen-bond acceptors (Lipinski definition) is 8. The van der Waals surface area contributed by atoms with Crippen molar-refractivity contribution in [1.82, 2.24) is 14.8 Å². The number of rotatable bonds is 8. The van der Waals surface area contributed by atoms with E-state index >= 15 is 0 Å². The second kappa shape index (κ2) is 9.31. The molecule has 3 aromatic rings. The Kier molecular flexibility index (Phi) is 5.83. The molecule has 1 saturated heterocycles. The third-order valence-electron chi connectivity index (χ3n) is 9.05. The number of nitrogens with one attached hydrogen (secondary N) is 2. The van der Waals surface area contributed by atoms with Gasteiger partial charge in [0.25, 0.3) is 5.91 Å². The number of hydrogen-bond donors (Lipinski definition) is 3. The van der Waals surface area contributed by atoms with Crippen LogP contribution < -0.4 is 21.1 Å². The van der Waals surface area contributed by atoms with Crippen molar-refractivity contribution in [2.24, 2.45) is 17.1 Å². The molecule has 2 aromatic heterocycles. The Bertz CT molecular complexity index is 1490. The Morgan fingerprint density at radius 1 is 1.15 bits per heavy atom. The number of anilines is 3. The summed E-state index contributed by atoms with van der Waals surface area (Å²) in [6, 6.07) is 7.35. The first kappa shape index (κ1) is 25.0. The number of methoxy groups -OCH3 is 1. The molecule has 2 amide bonds. The van der Waals surface area contributed by atoms with Crippen LogP contribution in [-0.2, 0) is 14.3 Å². The minimum absolute atomic E-state index is 0.0226. The van der Waals surface area contributed by atoms with Crippen LogP contribution in [0.15, 0.2) is 42.9 Å². The van der Waals surface area contributed by atoms with E-state index < -0.39 is 11.7 Å². The van der Waals surface area contributed by atoms with Crippen molar-refractivity contribution in [3.8, 4) is 16.9 Å². The maximum absolute atomic E-state index is 12.8. The smallest absolute Gasteiger partial charge is 0.252 e. The first-order valence-corrected chi connectivity index (χ1v) is 13.8. The summed E-state index contributed by atoms with van der Waals surface area (Å²) in [6.07, 6.45) is 11.3. The molecule has 1 aromatic carbocycles. The van der Waals surface area contributed by atoms with Gasteiger partial charge in [-0.25, -0.2) is 4.98 Å². The molecule has 0 radical (unpaired) electrons. The van der Waals surface area contributed by atoms with Crippen molar-refractivity contribution in [3.63, 3.8) is 0 Å². The van der Waals surface area contributed by atoms with Gasteiger partial charge in [0.15, 0.2) is 5.79 Å². The average Bonchev–Trinajstić information content (AvgIpc) is 3.23. The lowest BCUT2D eigenvalue weighted by atomic mass is 9.80. The molecule has 0 unspecified atom stereocenters. The van der Waals surface area contributed by atoms with Crippen LogP contribution in [0.1, 0.15) is 54.9 Å². The molecule has 11 heteroatoms. The standard InChI is InChI=1S/C29H32N6O5/c1-38-25-18(17-14-32-35(16-17)23-6-9-29(23)39-10-11-40-29)4-2-5-21(25)33-22-12-24(31-15-19(22)26(30)36)34-27(37)20-13-28(20)7-3-8-28/h2,4-5,12,14-16,20,23H,3,6-11,13H2,1H3,(H2,30,36)(H2,31,33,34,37)/t20-,23+/m0/s1. The summed E-state index contributed by atoms with van der Waals surface area (Å²) >= 11 is 0. The van der Waals surface area contributed by atoms with Gasteiger partial charge >= 0.3 is 0 Å². The van der Waals surface area contributed by atoms with Gasteiger partial charge in [0.2, 0.25) is 5.91 Å². The van der Waals surface area contributed by atoms with Crippen LogP contribution >= 0.6 is 0 Å². The zero-order chi connectivity index (χ0) is 27.5. The van der Waals surface area contributed by atoms with Gasteiger partial charge in [-0.1, -0.05) is 18.6 Å². The fourth-order valence-electron chi connectivity index (χ4n) is 6.46. The van der Waals surface area contributed by atoms with E-state index in [1.807, 2.05) is 29.1 Å². The highest BCUT2D eigenvalue weighted by molar-refractivity contribution is 6.01. The van der Waals surface area contributed by atoms with Gasteiger partial charge in [-0.15, -0.1) is 0 Å². The van der Waals surface area contributed by atoms with E-state index in [2.05, 4.69) is 20.7 Å². The van der Waals surface area contributed by atoms with Crippen LogP contribution in [0.5, 0.6) is 5.75 Å². The molecule has 7 rings (SSSR count).